The number of nitrogens with two attached hydrogens (primary N) is 1. The maximum Gasteiger partial charge on any atom is 0.262 e. The Balaban J connectivity index is 1.98. The van der Waals surface area contributed by atoms with Gasteiger partial charge in [0.05, 0.1) is 10.4 Å². The maximum absolute atomic E-state index is 13.4. The minimum absolute atomic E-state index is 0.0773. The van der Waals surface area contributed by atoms with Gasteiger partial charge in [0, 0.05) is 23.4 Å². The Hall–Kier alpha value is -2.18. The zero-order valence-corrected chi connectivity index (χ0v) is 16.6. The van der Waals surface area contributed by atoms with Crippen LogP contribution in [0.4, 0.5) is 0 Å². The molecule has 0 saturated heterocycles. The van der Waals surface area contributed by atoms with Crippen molar-refractivity contribution < 1.29 is 4.79 Å². The molecule has 27 heavy (non-hydrogen) atoms. The number of aromatic nitrogens is 2. The molecule has 0 aliphatic heterocycles. The summed E-state index contributed by atoms with van der Waals surface area (Å²) < 4.78 is 1.55. The molecule has 1 aliphatic carbocycles. The van der Waals surface area contributed by atoms with Crippen molar-refractivity contribution >= 4 is 39.1 Å². The number of carbonyl (C=O) groups is 1. The van der Waals surface area contributed by atoms with Gasteiger partial charge in [-0.05, 0) is 42.9 Å². The zero-order chi connectivity index (χ0) is 19.1. The lowest BCUT2D eigenvalue weighted by Gasteiger charge is -2.18. The fraction of sp³-hybridized carbons (Fsp3) is 0.350. The number of fused-ring (bicyclic) bond motifs is 3. The minimum Gasteiger partial charge on any atom is -0.370 e. The second kappa shape index (κ2) is 7.09. The van der Waals surface area contributed by atoms with Crippen LogP contribution in [0, 0.1) is 5.92 Å². The lowest BCUT2D eigenvalue weighted by atomic mass is 9.89. The van der Waals surface area contributed by atoms with E-state index in [1.54, 1.807) is 22.0 Å². The molecule has 140 valence electrons. The van der Waals surface area contributed by atoms with Crippen LogP contribution in [0.3, 0.4) is 0 Å². The third kappa shape index (κ3) is 3.28. The number of carbonyl (C=O) groups excluding carboxylic acids is 1. The van der Waals surface area contributed by atoms with Crippen LogP contribution in [0.5, 0.6) is 0 Å². The lowest BCUT2D eigenvalue weighted by Crippen LogP contribution is -2.26. The molecular formula is C20H20ClN3O2S. The number of nitrogens with zero attached hydrogens (tertiary/aromatic N) is 2. The highest BCUT2D eigenvalue weighted by molar-refractivity contribution is 7.18. The molecule has 1 aliphatic rings. The van der Waals surface area contributed by atoms with Gasteiger partial charge < -0.3 is 5.73 Å². The molecule has 0 saturated carbocycles. The summed E-state index contributed by atoms with van der Waals surface area (Å²) in [6.45, 7) is 2.43. The van der Waals surface area contributed by atoms with Gasteiger partial charge in [-0.1, -0.05) is 30.7 Å². The van der Waals surface area contributed by atoms with Crippen LogP contribution >= 0.6 is 22.9 Å². The van der Waals surface area contributed by atoms with E-state index in [1.165, 1.54) is 4.88 Å². The number of thiophene rings is 1. The van der Waals surface area contributed by atoms with E-state index in [0.29, 0.717) is 27.7 Å². The highest BCUT2D eigenvalue weighted by Crippen LogP contribution is 2.37. The quantitative estimate of drug-likeness (QED) is 0.722. The molecule has 2 aromatic heterocycles. The molecule has 2 heterocycles. The predicted molar refractivity (Wildman–Crippen MR) is 109 cm³/mol. The Morgan fingerprint density at radius 2 is 2.19 bits per heavy atom. The Morgan fingerprint density at radius 1 is 1.41 bits per heavy atom. The molecule has 2 N–H and O–H groups in total. The highest BCUT2D eigenvalue weighted by atomic mass is 35.5. The first-order valence-electron chi connectivity index (χ1n) is 9.04. The van der Waals surface area contributed by atoms with E-state index in [-0.39, 0.29) is 18.5 Å². The maximum atomic E-state index is 13.4. The van der Waals surface area contributed by atoms with Crippen LogP contribution in [0.25, 0.3) is 21.6 Å². The molecule has 0 spiro atoms. The molecule has 1 unspecified atom stereocenters. The Bertz CT molecular complexity index is 1100. The summed E-state index contributed by atoms with van der Waals surface area (Å²) in [5.74, 6) is 0.657. The molecule has 7 heteroatoms. The molecule has 1 atom stereocenters. The van der Waals surface area contributed by atoms with Gasteiger partial charge in [0.15, 0.2) is 0 Å². The van der Waals surface area contributed by atoms with Crippen LogP contribution in [-0.4, -0.2) is 15.5 Å². The average molecular weight is 402 g/mol. The summed E-state index contributed by atoms with van der Waals surface area (Å²) in [4.78, 5) is 31.6. The van der Waals surface area contributed by atoms with Crippen molar-refractivity contribution in [3.63, 3.8) is 0 Å². The molecule has 0 fully saturated rings. The largest absolute Gasteiger partial charge is 0.370 e. The zero-order valence-electron chi connectivity index (χ0n) is 15.0. The fourth-order valence-corrected chi connectivity index (χ4v) is 5.29. The lowest BCUT2D eigenvalue weighted by molar-refractivity contribution is -0.118. The van der Waals surface area contributed by atoms with Crippen molar-refractivity contribution in [1.82, 2.24) is 9.55 Å². The Kier molecular flexibility index (Phi) is 4.78. The van der Waals surface area contributed by atoms with Gasteiger partial charge in [-0.3, -0.25) is 14.2 Å². The van der Waals surface area contributed by atoms with Gasteiger partial charge in [0.2, 0.25) is 5.91 Å². The van der Waals surface area contributed by atoms with E-state index in [1.807, 2.05) is 18.2 Å². The van der Waals surface area contributed by atoms with Gasteiger partial charge in [-0.25, -0.2) is 4.98 Å². The standard InChI is InChI=1S/C20H20ClN3O2S/c1-11-6-7-13-15(10-11)27-19-17(13)20(26)24(9-8-16(22)25)18(23-19)12-4-2-3-5-14(12)21/h2-5,11H,6-10H2,1H3,(H2,22,25). The number of aryl methyl sites for hydroxylation is 1. The van der Waals surface area contributed by atoms with Crippen molar-refractivity contribution in [1.29, 1.82) is 0 Å². The molecule has 1 aromatic carbocycles. The number of rotatable bonds is 4. The first-order valence-corrected chi connectivity index (χ1v) is 10.2. The number of hydrogen-bond donors (Lipinski definition) is 1. The summed E-state index contributed by atoms with van der Waals surface area (Å²) in [6.07, 6.45) is 3.03. The van der Waals surface area contributed by atoms with E-state index >= 15 is 0 Å². The predicted octanol–water partition coefficient (Wildman–Crippen LogP) is 3.78. The summed E-state index contributed by atoms with van der Waals surface area (Å²) in [5, 5.41) is 1.22. The smallest absolute Gasteiger partial charge is 0.262 e. The second-order valence-corrected chi connectivity index (χ2v) is 8.61. The number of halogens is 1. The first-order chi connectivity index (χ1) is 13.0. The summed E-state index contributed by atoms with van der Waals surface area (Å²) in [5.41, 5.74) is 7.03. The van der Waals surface area contributed by atoms with E-state index in [4.69, 9.17) is 22.3 Å². The van der Waals surface area contributed by atoms with Gasteiger partial charge in [-0.2, -0.15) is 0 Å². The van der Waals surface area contributed by atoms with Crippen LogP contribution in [0.2, 0.25) is 5.02 Å². The molecular weight excluding hydrogens is 382 g/mol. The average Bonchev–Trinajstić information content (AvgIpc) is 2.98. The third-order valence-electron chi connectivity index (χ3n) is 5.11. The first kappa shape index (κ1) is 18.2. The van der Waals surface area contributed by atoms with Crippen LogP contribution < -0.4 is 11.3 Å². The van der Waals surface area contributed by atoms with E-state index in [0.717, 1.165) is 29.7 Å². The number of primary amides is 1. The molecule has 0 bridgehead atoms. The summed E-state index contributed by atoms with van der Waals surface area (Å²) in [7, 11) is 0. The highest BCUT2D eigenvalue weighted by Gasteiger charge is 2.25. The topological polar surface area (TPSA) is 78.0 Å². The fourth-order valence-electron chi connectivity index (χ4n) is 3.70. The molecule has 1 amide bonds. The monoisotopic (exact) mass is 401 g/mol. The van der Waals surface area contributed by atoms with Crippen molar-refractivity contribution in [2.24, 2.45) is 11.7 Å². The SMILES string of the molecule is CC1CCc2c(sc3nc(-c4ccccc4Cl)n(CCC(N)=O)c(=O)c23)C1. The summed E-state index contributed by atoms with van der Waals surface area (Å²) in [6, 6.07) is 7.30. The molecule has 0 radical (unpaired) electrons. The minimum atomic E-state index is -0.451. The molecule has 3 aromatic rings. The van der Waals surface area contributed by atoms with E-state index < -0.39 is 5.91 Å². The molecule has 4 rings (SSSR count). The van der Waals surface area contributed by atoms with E-state index in [2.05, 4.69) is 6.92 Å². The van der Waals surface area contributed by atoms with Gasteiger partial charge in [0.1, 0.15) is 10.7 Å². The van der Waals surface area contributed by atoms with Crippen molar-refractivity contribution in [3.05, 3.63) is 50.1 Å². The number of amides is 1. The van der Waals surface area contributed by atoms with Crippen molar-refractivity contribution in [2.45, 2.75) is 39.2 Å². The Labute approximate surface area is 165 Å². The number of hydrogen-bond acceptors (Lipinski definition) is 4. The van der Waals surface area contributed by atoms with Gasteiger partial charge in [-0.15, -0.1) is 11.3 Å². The normalized spacial score (nSPS) is 16.4. The van der Waals surface area contributed by atoms with Crippen LogP contribution in [0.1, 0.15) is 30.2 Å². The van der Waals surface area contributed by atoms with E-state index in [9.17, 15) is 9.59 Å². The van der Waals surface area contributed by atoms with Crippen LogP contribution in [-0.2, 0) is 24.2 Å². The van der Waals surface area contributed by atoms with Gasteiger partial charge >= 0.3 is 0 Å². The molecule has 5 nitrogen and oxygen atoms in total. The third-order valence-corrected chi connectivity index (χ3v) is 6.59. The Morgan fingerprint density at radius 3 is 2.93 bits per heavy atom. The van der Waals surface area contributed by atoms with Gasteiger partial charge in [0.25, 0.3) is 5.56 Å². The summed E-state index contributed by atoms with van der Waals surface area (Å²) >= 11 is 7.98. The van der Waals surface area contributed by atoms with Crippen LogP contribution in [0.15, 0.2) is 29.1 Å². The number of benzene rings is 1. The van der Waals surface area contributed by atoms with Crippen molar-refractivity contribution in [3.8, 4) is 11.4 Å². The van der Waals surface area contributed by atoms with Crippen molar-refractivity contribution in [2.75, 3.05) is 0 Å². The second-order valence-electron chi connectivity index (χ2n) is 7.12.